The van der Waals surface area contributed by atoms with E-state index in [1.165, 1.54) is 12.3 Å². The molecule has 2 saturated heterocycles. The van der Waals surface area contributed by atoms with Gasteiger partial charge in [0, 0.05) is 37.9 Å². The fourth-order valence-corrected chi connectivity index (χ4v) is 4.73. The van der Waals surface area contributed by atoms with Crippen molar-refractivity contribution in [1.29, 1.82) is 0 Å². The Morgan fingerprint density at radius 2 is 2.00 bits per heavy atom. The maximum Gasteiger partial charge on any atom is 0.230 e. The number of anilines is 1. The van der Waals surface area contributed by atoms with Gasteiger partial charge in [0.2, 0.25) is 17.8 Å². The van der Waals surface area contributed by atoms with Gasteiger partial charge in [0.25, 0.3) is 0 Å². The third-order valence-corrected chi connectivity index (χ3v) is 6.12. The standard InChI is InChI=1S/C18H25FN4O2/c19-15-6-9-20-17(21-15)22-10-1-7-18(12-22)8-11-23(16(18)25)13-2-4-14(24)5-3-13/h6,9,13-14,24H,1-5,7-8,10-12H2/t13-,14-,18-/m0/s1. The number of carbonyl (C=O) groups excluding carboxylic acids is 1. The van der Waals surface area contributed by atoms with Crippen LogP contribution < -0.4 is 4.90 Å². The molecule has 1 N–H and O–H groups in total. The lowest BCUT2D eigenvalue weighted by molar-refractivity contribution is -0.139. The van der Waals surface area contributed by atoms with Gasteiger partial charge in [0.1, 0.15) is 0 Å². The fourth-order valence-electron chi connectivity index (χ4n) is 4.73. The SMILES string of the molecule is O=C1N([C@H]2CC[C@H](O)CC2)CC[C@]12CCCN(c1nccc(F)n1)C2. The molecule has 1 aliphatic carbocycles. The number of carbonyl (C=O) groups is 1. The summed E-state index contributed by atoms with van der Waals surface area (Å²) < 4.78 is 13.4. The Balaban J connectivity index is 1.49. The molecule has 3 heterocycles. The van der Waals surface area contributed by atoms with E-state index in [0.29, 0.717) is 12.5 Å². The summed E-state index contributed by atoms with van der Waals surface area (Å²) in [6.45, 7) is 2.12. The highest BCUT2D eigenvalue weighted by Gasteiger charge is 2.50. The predicted molar refractivity (Wildman–Crippen MR) is 90.5 cm³/mol. The molecule has 1 amide bonds. The van der Waals surface area contributed by atoms with Crippen LogP contribution in [0.25, 0.3) is 0 Å². The van der Waals surface area contributed by atoms with E-state index >= 15 is 0 Å². The van der Waals surface area contributed by atoms with Gasteiger partial charge in [0.15, 0.2) is 0 Å². The lowest BCUT2D eigenvalue weighted by atomic mass is 9.78. The third-order valence-electron chi connectivity index (χ3n) is 6.12. The smallest absolute Gasteiger partial charge is 0.230 e. The number of aliphatic hydroxyl groups excluding tert-OH is 1. The first kappa shape index (κ1) is 16.7. The zero-order valence-electron chi connectivity index (χ0n) is 14.4. The van der Waals surface area contributed by atoms with Gasteiger partial charge in [-0.1, -0.05) is 0 Å². The maximum absolute atomic E-state index is 13.4. The first-order chi connectivity index (χ1) is 12.1. The van der Waals surface area contributed by atoms with Crippen molar-refractivity contribution in [2.45, 2.75) is 57.1 Å². The van der Waals surface area contributed by atoms with Gasteiger partial charge in [-0.25, -0.2) is 4.98 Å². The number of halogens is 1. The second kappa shape index (κ2) is 6.52. The van der Waals surface area contributed by atoms with Crippen molar-refractivity contribution in [3.63, 3.8) is 0 Å². The van der Waals surface area contributed by atoms with E-state index in [9.17, 15) is 14.3 Å². The van der Waals surface area contributed by atoms with Crippen molar-refractivity contribution in [2.75, 3.05) is 24.5 Å². The van der Waals surface area contributed by atoms with Crippen LogP contribution in [-0.4, -0.2) is 57.7 Å². The van der Waals surface area contributed by atoms with Crippen molar-refractivity contribution in [2.24, 2.45) is 5.41 Å². The summed E-state index contributed by atoms with van der Waals surface area (Å²) in [6.07, 6.45) is 7.17. The molecule has 136 valence electrons. The topological polar surface area (TPSA) is 69.6 Å². The largest absolute Gasteiger partial charge is 0.393 e. The Bertz CT molecular complexity index is 650. The highest BCUT2D eigenvalue weighted by atomic mass is 19.1. The van der Waals surface area contributed by atoms with Crippen molar-refractivity contribution in [3.8, 4) is 0 Å². The van der Waals surface area contributed by atoms with E-state index in [1.807, 2.05) is 9.80 Å². The van der Waals surface area contributed by atoms with E-state index < -0.39 is 5.95 Å². The molecule has 1 aromatic heterocycles. The van der Waals surface area contributed by atoms with Crippen LogP contribution in [0, 0.1) is 11.4 Å². The predicted octanol–water partition coefficient (Wildman–Crippen LogP) is 1.74. The molecular formula is C18H25FN4O2. The van der Waals surface area contributed by atoms with E-state index in [0.717, 1.165) is 58.0 Å². The van der Waals surface area contributed by atoms with Gasteiger partial charge in [-0.3, -0.25) is 4.79 Å². The van der Waals surface area contributed by atoms with Crippen LogP contribution in [0.3, 0.4) is 0 Å². The summed E-state index contributed by atoms with van der Waals surface area (Å²) in [5.41, 5.74) is -0.385. The molecule has 1 aromatic rings. The number of aliphatic hydroxyl groups is 1. The van der Waals surface area contributed by atoms with Crippen molar-refractivity contribution < 1.29 is 14.3 Å². The van der Waals surface area contributed by atoms with E-state index in [2.05, 4.69) is 9.97 Å². The van der Waals surface area contributed by atoms with Gasteiger partial charge in [-0.05, 0) is 44.9 Å². The quantitative estimate of drug-likeness (QED) is 0.825. The van der Waals surface area contributed by atoms with Crippen molar-refractivity contribution in [3.05, 3.63) is 18.2 Å². The molecule has 0 unspecified atom stereocenters. The monoisotopic (exact) mass is 348 g/mol. The van der Waals surface area contributed by atoms with Gasteiger partial charge in [-0.2, -0.15) is 9.37 Å². The van der Waals surface area contributed by atoms with E-state index in [4.69, 9.17) is 0 Å². The summed E-state index contributed by atoms with van der Waals surface area (Å²) in [5.74, 6) is 0.0749. The minimum absolute atomic E-state index is 0.210. The minimum Gasteiger partial charge on any atom is -0.393 e. The highest BCUT2D eigenvalue weighted by Crippen LogP contribution is 2.43. The molecule has 3 aliphatic rings. The lowest BCUT2D eigenvalue weighted by Crippen LogP contribution is -2.50. The highest BCUT2D eigenvalue weighted by molar-refractivity contribution is 5.86. The van der Waals surface area contributed by atoms with Crippen LogP contribution in [0.4, 0.5) is 10.3 Å². The van der Waals surface area contributed by atoms with E-state index in [-0.39, 0.29) is 23.5 Å². The Labute approximate surface area is 147 Å². The lowest BCUT2D eigenvalue weighted by Gasteiger charge is -2.40. The number of likely N-dealkylation sites (tertiary alicyclic amines) is 1. The van der Waals surface area contributed by atoms with Gasteiger partial charge in [-0.15, -0.1) is 0 Å². The molecule has 4 rings (SSSR count). The van der Waals surface area contributed by atoms with Gasteiger partial charge in [0.05, 0.1) is 11.5 Å². The van der Waals surface area contributed by atoms with Crippen molar-refractivity contribution in [1.82, 2.24) is 14.9 Å². The number of aromatic nitrogens is 2. The van der Waals surface area contributed by atoms with Crippen molar-refractivity contribution >= 4 is 11.9 Å². The normalized spacial score (nSPS) is 33.3. The molecule has 3 fully saturated rings. The molecule has 0 bridgehead atoms. The second-order valence-electron chi connectivity index (χ2n) is 7.70. The maximum atomic E-state index is 13.4. The average molecular weight is 348 g/mol. The first-order valence-electron chi connectivity index (χ1n) is 9.30. The third kappa shape index (κ3) is 3.10. The number of amides is 1. The number of rotatable bonds is 2. The summed E-state index contributed by atoms with van der Waals surface area (Å²) in [4.78, 5) is 25.3. The van der Waals surface area contributed by atoms with Gasteiger partial charge < -0.3 is 14.9 Å². The summed E-state index contributed by atoms with van der Waals surface area (Å²) in [7, 11) is 0. The van der Waals surface area contributed by atoms with Crippen LogP contribution in [0.5, 0.6) is 0 Å². The zero-order valence-corrected chi connectivity index (χ0v) is 14.4. The molecule has 6 nitrogen and oxygen atoms in total. The summed E-state index contributed by atoms with van der Waals surface area (Å²) in [6, 6.07) is 1.50. The summed E-state index contributed by atoms with van der Waals surface area (Å²) >= 11 is 0. The molecule has 2 aliphatic heterocycles. The Kier molecular flexibility index (Phi) is 4.35. The van der Waals surface area contributed by atoms with Gasteiger partial charge >= 0.3 is 0 Å². The molecule has 0 aromatic carbocycles. The molecule has 1 atom stereocenters. The van der Waals surface area contributed by atoms with Crippen LogP contribution >= 0.6 is 0 Å². The van der Waals surface area contributed by atoms with E-state index in [1.54, 1.807) is 0 Å². The Morgan fingerprint density at radius 3 is 2.76 bits per heavy atom. The van der Waals surface area contributed by atoms with Crippen LogP contribution in [-0.2, 0) is 4.79 Å². The Morgan fingerprint density at radius 1 is 1.20 bits per heavy atom. The zero-order chi connectivity index (χ0) is 17.4. The molecule has 0 radical (unpaired) electrons. The van der Waals surface area contributed by atoms with Crippen LogP contribution in [0.2, 0.25) is 0 Å². The van der Waals surface area contributed by atoms with Crippen LogP contribution in [0.15, 0.2) is 12.3 Å². The van der Waals surface area contributed by atoms with Crippen LogP contribution in [0.1, 0.15) is 44.9 Å². The first-order valence-corrected chi connectivity index (χ1v) is 9.30. The Hall–Kier alpha value is -1.76. The summed E-state index contributed by atoms with van der Waals surface area (Å²) in [5, 5.41) is 9.71. The molecule has 25 heavy (non-hydrogen) atoms. The minimum atomic E-state index is -0.537. The number of hydrogen-bond acceptors (Lipinski definition) is 5. The molecule has 1 saturated carbocycles. The molecular weight excluding hydrogens is 323 g/mol. The number of nitrogens with zero attached hydrogens (tertiary/aromatic N) is 4. The molecule has 1 spiro atoms. The molecule has 7 heteroatoms. The average Bonchev–Trinajstić information content (AvgIpc) is 2.92. The second-order valence-corrected chi connectivity index (χ2v) is 7.70. The number of hydrogen-bond donors (Lipinski definition) is 1. The fraction of sp³-hybridized carbons (Fsp3) is 0.722. The number of piperidine rings is 1.